The second-order valence-electron chi connectivity index (χ2n) is 6.65. The summed E-state index contributed by atoms with van der Waals surface area (Å²) in [7, 11) is 0. The molecule has 3 aromatic rings. The Bertz CT molecular complexity index is 851. The Morgan fingerprint density at radius 3 is 2.27 bits per heavy atom. The van der Waals surface area contributed by atoms with Crippen LogP contribution >= 0.6 is 0 Å². The Kier molecular flexibility index (Phi) is 4.58. The van der Waals surface area contributed by atoms with E-state index in [0.717, 1.165) is 42.6 Å². The van der Waals surface area contributed by atoms with Gasteiger partial charge in [0.25, 0.3) is 5.89 Å². The minimum atomic E-state index is 0.198. The molecule has 1 fully saturated rings. The van der Waals surface area contributed by atoms with Crippen LogP contribution in [0.3, 0.4) is 0 Å². The number of phenols is 1. The van der Waals surface area contributed by atoms with Gasteiger partial charge in [0.1, 0.15) is 11.5 Å². The van der Waals surface area contributed by atoms with Crippen LogP contribution in [0.1, 0.15) is 25.7 Å². The molecular formula is C20H21N3O3. The smallest absolute Gasteiger partial charge is 0.258 e. The highest BCUT2D eigenvalue weighted by Gasteiger charge is 2.20. The molecule has 6 nitrogen and oxygen atoms in total. The Morgan fingerprint density at radius 1 is 0.923 bits per heavy atom. The van der Waals surface area contributed by atoms with E-state index in [0.29, 0.717) is 17.8 Å². The quantitative estimate of drug-likeness (QED) is 0.743. The second-order valence-corrected chi connectivity index (χ2v) is 6.65. The van der Waals surface area contributed by atoms with Crippen LogP contribution in [0.4, 0.5) is 0 Å². The molecule has 26 heavy (non-hydrogen) atoms. The molecule has 4 rings (SSSR count). The number of hydrogen-bond donors (Lipinski definition) is 2. The molecule has 0 radical (unpaired) electrons. The van der Waals surface area contributed by atoms with Crippen LogP contribution in [0, 0.1) is 0 Å². The zero-order chi connectivity index (χ0) is 17.9. The molecule has 134 valence electrons. The van der Waals surface area contributed by atoms with Gasteiger partial charge in [-0.1, -0.05) is 5.16 Å². The summed E-state index contributed by atoms with van der Waals surface area (Å²) in [4.78, 5) is 4.42. The van der Waals surface area contributed by atoms with Crippen molar-refractivity contribution in [2.75, 3.05) is 0 Å². The van der Waals surface area contributed by atoms with Crippen LogP contribution < -0.4 is 10.5 Å². The first-order valence-corrected chi connectivity index (χ1v) is 8.83. The lowest BCUT2D eigenvalue weighted by Crippen LogP contribution is -2.31. The summed E-state index contributed by atoms with van der Waals surface area (Å²) in [5.41, 5.74) is 7.55. The number of benzene rings is 2. The summed E-state index contributed by atoms with van der Waals surface area (Å²) >= 11 is 0. The van der Waals surface area contributed by atoms with Crippen molar-refractivity contribution in [3.63, 3.8) is 0 Å². The van der Waals surface area contributed by atoms with Crippen molar-refractivity contribution >= 4 is 0 Å². The number of nitrogens with zero attached hydrogens (tertiary/aromatic N) is 2. The van der Waals surface area contributed by atoms with Crippen molar-refractivity contribution in [3.8, 4) is 34.3 Å². The fraction of sp³-hybridized carbons (Fsp3) is 0.300. The van der Waals surface area contributed by atoms with Crippen LogP contribution in [0.25, 0.3) is 22.8 Å². The SMILES string of the molecule is NC1CCC(Oc2ccc(-c3noc(-c4ccc(O)cc4)n3)cc2)CC1. The van der Waals surface area contributed by atoms with Gasteiger partial charge >= 0.3 is 0 Å². The summed E-state index contributed by atoms with van der Waals surface area (Å²) in [5, 5.41) is 13.4. The lowest BCUT2D eigenvalue weighted by Gasteiger charge is -2.26. The molecule has 0 aliphatic heterocycles. The number of phenolic OH excluding ortho intramolecular Hbond substituents is 1. The van der Waals surface area contributed by atoms with Crippen LogP contribution in [-0.2, 0) is 0 Å². The molecule has 1 aromatic heterocycles. The van der Waals surface area contributed by atoms with Gasteiger partial charge in [-0.15, -0.1) is 0 Å². The lowest BCUT2D eigenvalue weighted by atomic mass is 9.94. The van der Waals surface area contributed by atoms with Crippen molar-refractivity contribution in [2.45, 2.75) is 37.8 Å². The Balaban J connectivity index is 1.44. The molecule has 6 heteroatoms. The minimum Gasteiger partial charge on any atom is -0.508 e. The zero-order valence-electron chi connectivity index (χ0n) is 14.3. The van der Waals surface area contributed by atoms with E-state index in [-0.39, 0.29) is 11.9 Å². The van der Waals surface area contributed by atoms with Gasteiger partial charge in [0, 0.05) is 17.2 Å². The van der Waals surface area contributed by atoms with Crippen molar-refractivity contribution < 1.29 is 14.4 Å². The van der Waals surface area contributed by atoms with E-state index in [4.69, 9.17) is 15.0 Å². The number of aromatic hydroxyl groups is 1. The average molecular weight is 351 g/mol. The molecule has 2 aromatic carbocycles. The Hall–Kier alpha value is -2.86. The summed E-state index contributed by atoms with van der Waals surface area (Å²) in [6.45, 7) is 0. The first-order chi connectivity index (χ1) is 12.7. The highest BCUT2D eigenvalue weighted by atomic mass is 16.5. The van der Waals surface area contributed by atoms with Crippen LogP contribution in [0.5, 0.6) is 11.5 Å². The normalized spacial score (nSPS) is 20.0. The molecule has 0 spiro atoms. The van der Waals surface area contributed by atoms with Gasteiger partial charge in [0.15, 0.2) is 0 Å². The summed E-state index contributed by atoms with van der Waals surface area (Å²) in [6.07, 6.45) is 4.29. The van der Waals surface area contributed by atoms with Gasteiger partial charge in [-0.2, -0.15) is 4.98 Å². The topological polar surface area (TPSA) is 94.4 Å². The van der Waals surface area contributed by atoms with E-state index in [1.54, 1.807) is 24.3 Å². The molecule has 0 atom stereocenters. The largest absolute Gasteiger partial charge is 0.508 e. The molecule has 1 saturated carbocycles. The monoisotopic (exact) mass is 351 g/mol. The standard InChI is InChI=1S/C20H21N3O3/c21-15-5-11-18(12-6-15)25-17-9-3-13(4-10-17)19-22-20(26-23-19)14-1-7-16(24)8-2-14/h1-4,7-10,15,18,24H,5-6,11-12,21H2. The van der Waals surface area contributed by atoms with Crippen LogP contribution in [0.2, 0.25) is 0 Å². The van der Waals surface area contributed by atoms with E-state index in [1.165, 1.54) is 0 Å². The van der Waals surface area contributed by atoms with Crippen molar-refractivity contribution in [1.29, 1.82) is 0 Å². The van der Waals surface area contributed by atoms with Crippen molar-refractivity contribution in [2.24, 2.45) is 5.73 Å². The molecule has 1 heterocycles. The van der Waals surface area contributed by atoms with Crippen molar-refractivity contribution in [3.05, 3.63) is 48.5 Å². The highest BCUT2D eigenvalue weighted by molar-refractivity contribution is 5.60. The van der Waals surface area contributed by atoms with Gasteiger partial charge in [0.05, 0.1) is 6.10 Å². The maximum Gasteiger partial charge on any atom is 0.258 e. The number of nitrogens with two attached hydrogens (primary N) is 1. The van der Waals surface area contributed by atoms with Gasteiger partial charge < -0.3 is 20.1 Å². The van der Waals surface area contributed by atoms with E-state index >= 15 is 0 Å². The third kappa shape index (κ3) is 3.70. The Morgan fingerprint density at radius 2 is 1.58 bits per heavy atom. The fourth-order valence-corrected chi connectivity index (χ4v) is 3.14. The van der Waals surface area contributed by atoms with E-state index in [1.807, 2.05) is 24.3 Å². The summed E-state index contributed by atoms with van der Waals surface area (Å²) in [5.74, 6) is 1.97. The maximum absolute atomic E-state index is 9.36. The maximum atomic E-state index is 9.36. The fourth-order valence-electron chi connectivity index (χ4n) is 3.14. The average Bonchev–Trinajstić information content (AvgIpc) is 3.15. The third-order valence-corrected chi connectivity index (χ3v) is 4.67. The number of hydrogen-bond acceptors (Lipinski definition) is 6. The minimum absolute atomic E-state index is 0.198. The first-order valence-electron chi connectivity index (χ1n) is 8.83. The first kappa shape index (κ1) is 16.6. The molecule has 1 aliphatic rings. The molecule has 0 amide bonds. The third-order valence-electron chi connectivity index (χ3n) is 4.67. The molecule has 0 bridgehead atoms. The van der Waals surface area contributed by atoms with Crippen LogP contribution in [-0.4, -0.2) is 27.4 Å². The van der Waals surface area contributed by atoms with Gasteiger partial charge in [0.2, 0.25) is 5.82 Å². The van der Waals surface area contributed by atoms with Crippen LogP contribution in [0.15, 0.2) is 53.1 Å². The van der Waals surface area contributed by atoms with Gasteiger partial charge in [-0.3, -0.25) is 0 Å². The molecular weight excluding hydrogens is 330 g/mol. The van der Waals surface area contributed by atoms with E-state index in [9.17, 15) is 5.11 Å². The predicted molar refractivity (Wildman–Crippen MR) is 97.7 cm³/mol. The lowest BCUT2D eigenvalue weighted by molar-refractivity contribution is 0.147. The molecule has 0 unspecified atom stereocenters. The van der Waals surface area contributed by atoms with E-state index < -0.39 is 0 Å². The van der Waals surface area contributed by atoms with E-state index in [2.05, 4.69) is 10.1 Å². The number of aromatic nitrogens is 2. The molecule has 1 aliphatic carbocycles. The molecule has 3 N–H and O–H groups in total. The number of rotatable bonds is 4. The zero-order valence-corrected chi connectivity index (χ0v) is 14.3. The second kappa shape index (κ2) is 7.17. The summed E-state index contributed by atoms with van der Waals surface area (Å²) < 4.78 is 11.4. The predicted octanol–water partition coefficient (Wildman–Crippen LogP) is 3.76. The van der Waals surface area contributed by atoms with Gasteiger partial charge in [-0.05, 0) is 74.2 Å². The van der Waals surface area contributed by atoms with Gasteiger partial charge in [-0.25, -0.2) is 0 Å². The number of ether oxygens (including phenoxy) is 1. The van der Waals surface area contributed by atoms with Crippen molar-refractivity contribution in [1.82, 2.24) is 10.1 Å². The molecule has 0 saturated heterocycles. The summed E-state index contributed by atoms with van der Waals surface area (Å²) in [6, 6.07) is 14.7. The Labute approximate surface area is 151 Å². The highest BCUT2D eigenvalue weighted by Crippen LogP contribution is 2.27.